The van der Waals surface area contributed by atoms with Crippen molar-refractivity contribution < 1.29 is 68.5 Å². The highest BCUT2D eigenvalue weighted by Crippen LogP contribution is 2.28. The Kier molecular flexibility index (Phi) is 10.5. The monoisotopic (exact) mass is 670 g/mol. The molecule has 48 heavy (non-hydrogen) atoms. The van der Waals surface area contributed by atoms with Gasteiger partial charge in [0.1, 0.15) is 30.5 Å². The van der Waals surface area contributed by atoms with Crippen molar-refractivity contribution in [3.05, 3.63) is 58.7 Å². The minimum absolute atomic E-state index is 0.0529. The van der Waals surface area contributed by atoms with Crippen LogP contribution < -0.4 is 10.6 Å². The maximum atomic E-state index is 12.1. The number of aliphatic hydroxyl groups is 5. The van der Waals surface area contributed by atoms with Crippen molar-refractivity contribution >= 4 is 53.4 Å². The van der Waals surface area contributed by atoms with Gasteiger partial charge in [-0.1, -0.05) is 0 Å². The molecule has 18 heteroatoms. The SMILES string of the molecule is CC(=O)O[C@H]1[C@@H](O)[C@@H](CO)O[C@@H](O[C@@H](C=Nc2ccc3c(c2)C(=O)NC3=O)[C@H](CO)O[C@H](O)C=Nc2ccc3c(c2)C(=O)NC3=O)[C@@H]1O. The fourth-order valence-corrected chi connectivity index (χ4v) is 5.09. The third-order valence-electron chi connectivity index (χ3n) is 7.44. The Hall–Kier alpha value is -4.79. The summed E-state index contributed by atoms with van der Waals surface area (Å²) in [6.45, 7) is -0.575. The quantitative estimate of drug-likeness (QED) is 0.0558. The van der Waals surface area contributed by atoms with Crippen LogP contribution in [-0.4, -0.2) is 130 Å². The first kappa shape index (κ1) is 34.5. The summed E-state index contributed by atoms with van der Waals surface area (Å²) >= 11 is 0. The zero-order valence-corrected chi connectivity index (χ0v) is 25.0. The number of nitrogens with one attached hydrogen (secondary N) is 2. The number of aliphatic hydroxyl groups excluding tert-OH is 5. The zero-order valence-electron chi connectivity index (χ0n) is 25.0. The van der Waals surface area contributed by atoms with Crippen molar-refractivity contribution in [1.29, 1.82) is 0 Å². The van der Waals surface area contributed by atoms with Gasteiger partial charge in [-0.05, 0) is 36.4 Å². The Labute approximate surface area is 270 Å². The van der Waals surface area contributed by atoms with E-state index in [1.54, 1.807) is 0 Å². The molecule has 0 aliphatic carbocycles. The molecule has 0 saturated carbocycles. The molecule has 1 fully saturated rings. The van der Waals surface area contributed by atoms with Crippen LogP contribution in [0.3, 0.4) is 0 Å². The molecule has 1 saturated heterocycles. The average molecular weight is 671 g/mol. The molecule has 0 spiro atoms. The first-order valence-electron chi connectivity index (χ1n) is 14.4. The number of rotatable bonds is 12. The number of amides is 4. The van der Waals surface area contributed by atoms with Crippen LogP contribution in [-0.2, 0) is 23.7 Å². The van der Waals surface area contributed by atoms with E-state index >= 15 is 0 Å². The minimum Gasteiger partial charge on any atom is -0.457 e. The standard InChI is InChI=1S/C30H30N4O14/c1-12(37)45-25-23(39)21(11-36)48-30(24(25)40)47-19(8-31-13-2-4-15-17(6-13)28(43)33-26(15)41)20(10-35)46-22(38)9-32-14-3-5-16-18(7-14)29(44)34-27(16)42/h2-9,19-25,30,35-36,38-40H,10-11H2,1H3,(H,33,41,43)(H,34,42,44)/t19-,20-,21+,22-,23-,24+,25-,30+/m0/s1. The molecule has 254 valence electrons. The number of aliphatic imine (C=N–C) groups is 2. The van der Waals surface area contributed by atoms with E-state index in [0.717, 1.165) is 19.4 Å². The Morgan fingerprint density at radius 1 is 0.875 bits per heavy atom. The lowest BCUT2D eigenvalue weighted by molar-refractivity contribution is -0.315. The number of carbonyl (C=O) groups is 5. The summed E-state index contributed by atoms with van der Waals surface area (Å²) in [4.78, 5) is 67.7. The molecule has 0 radical (unpaired) electrons. The number of benzene rings is 2. The highest BCUT2D eigenvalue weighted by molar-refractivity contribution is 6.22. The molecular formula is C30H30N4O14. The maximum absolute atomic E-state index is 12.1. The zero-order chi connectivity index (χ0) is 34.7. The summed E-state index contributed by atoms with van der Waals surface area (Å²) in [5, 5.41) is 56.2. The van der Waals surface area contributed by atoms with Crippen molar-refractivity contribution in [1.82, 2.24) is 10.6 Å². The predicted octanol–water partition coefficient (Wildman–Crippen LogP) is -1.99. The molecule has 3 heterocycles. The average Bonchev–Trinajstić information content (AvgIpc) is 3.51. The molecule has 0 unspecified atom stereocenters. The van der Waals surface area contributed by atoms with Gasteiger partial charge in [0.2, 0.25) is 0 Å². The lowest BCUT2D eigenvalue weighted by atomic mass is 9.99. The lowest BCUT2D eigenvalue weighted by Crippen LogP contribution is -2.61. The van der Waals surface area contributed by atoms with Crippen molar-refractivity contribution in [2.75, 3.05) is 13.2 Å². The molecule has 2 aromatic carbocycles. The van der Waals surface area contributed by atoms with E-state index in [1.807, 2.05) is 0 Å². The molecule has 3 aliphatic rings. The molecule has 8 atom stereocenters. The second-order valence-corrected chi connectivity index (χ2v) is 10.7. The van der Waals surface area contributed by atoms with Gasteiger partial charge in [-0.15, -0.1) is 0 Å². The number of fused-ring (bicyclic) bond motifs is 2. The van der Waals surface area contributed by atoms with Gasteiger partial charge in [0.15, 0.2) is 18.7 Å². The highest BCUT2D eigenvalue weighted by Gasteiger charge is 2.48. The summed E-state index contributed by atoms with van der Waals surface area (Å²) in [5.41, 5.74) is 0.754. The number of hydrogen-bond acceptors (Lipinski definition) is 16. The summed E-state index contributed by atoms with van der Waals surface area (Å²) in [6, 6.07) is 8.19. The second-order valence-electron chi connectivity index (χ2n) is 10.7. The van der Waals surface area contributed by atoms with Crippen molar-refractivity contribution in [3.8, 4) is 0 Å². The van der Waals surface area contributed by atoms with Crippen molar-refractivity contribution in [2.45, 2.75) is 56.1 Å². The Bertz CT molecular complexity index is 1680. The van der Waals surface area contributed by atoms with Crippen LogP contribution in [0.2, 0.25) is 0 Å². The van der Waals surface area contributed by atoms with Crippen molar-refractivity contribution in [2.24, 2.45) is 9.98 Å². The van der Waals surface area contributed by atoms with E-state index in [-0.39, 0.29) is 33.6 Å². The lowest BCUT2D eigenvalue weighted by Gasteiger charge is -2.42. The van der Waals surface area contributed by atoms with E-state index in [2.05, 4.69) is 20.6 Å². The number of hydrogen-bond donors (Lipinski definition) is 7. The van der Waals surface area contributed by atoms with Crippen LogP contribution in [0, 0.1) is 0 Å². The molecule has 7 N–H and O–H groups in total. The van der Waals surface area contributed by atoms with Crippen LogP contribution in [0.1, 0.15) is 48.4 Å². The Balaban J connectivity index is 1.39. The normalized spacial score (nSPS) is 25.5. The van der Waals surface area contributed by atoms with Gasteiger partial charge in [0, 0.05) is 13.1 Å². The van der Waals surface area contributed by atoms with Gasteiger partial charge < -0.3 is 44.5 Å². The molecule has 5 rings (SSSR count). The van der Waals surface area contributed by atoms with Gasteiger partial charge in [-0.3, -0.25) is 44.6 Å². The molecule has 4 amide bonds. The fourth-order valence-electron chi connectivity index (χ4n) is 5.09. The number of ether oxygens (including phenoxy) is 4. The molecule has 2 aromatic rings. The second kappa shape index (κ2) is 14.5. The molecule has 18 nitrogen and oxygen atoms in total. The largest absolute Gasteiger partial charge is 0.457 e. The third kappa shape index (κ3) is 7.35. The van der Waals surface area contributed by atoms with Crippen LogP contribution in [0.15, 0.2) is 46.4 Å². The van der Waals surface area contributed by atoms with E-state index in [9.17, 15) is 49.5 Å². The number of esters is 1. The van der Waals surface area contributed by atoms with Gasteiger partial charge in [-0.2, -0.15) is 0 Å². The smallest absolute Gasteiger partial charge is 0.303 e. The van der Waals surface area contributed by atoms with Gasteiger partial charge in [0.05, 0.1) is 53.1 Å². The molecule has 0 aromatic heterocycles. The number of carbonyl (C=O) groups excluding carboxylic acids is 5. The highest BCUT2D eigenvalue weighted by atomic mass is 16.7. The third-order valence-corrected chi connectivity index (χ3v) is 7.44. The Morgan fingerprint density at radius 3 is 1.94 bits per heavy atom. The van der Waals surface area contributed by atoms with Crippen LogP contribution in [0.5, 0.6) is 0 Å². The van der Waals surface area contributed by atoms with Gasteiger partial charge in [-0.25, -0.2) is 0 Å². The first-order chi connectivity index (χ1) is 22.9. The van der Waals surface area contributed by atoms with Crippen LogP contribution in [0.25, 0.3) is 0 Å². The van der Waals surface area contributed by atoms with E-state index < -0.39 is 92.0 Å². The Morgan fingerprint density at radius 2 is 1.42 bits per heavy atom. The van der Waals surface area contributed by atoms with Gasteiger partial charge in [0.25, 0.3) is 23.6 Å². The molecule has 3 aliphatic heterocycles. The predicted molar refractivity (Wildman–Crippen MR) is 159 cm³/mol. The van der Waals surface area contributed by atoms with Crippen LogP contribution >= 0.6 is 0 Å². The minimum atomic E-state index is -1.83. The van der Waals surface area contributed by atoms with E-state index in [4.69, 9.17) is 18.9 Å². The summed E-state index contributed by atoms with van der Waals surface area (Å²) in [7, 11) is 0. The summed E-state index contributed by atoms with van der Waals surface area (Å²) in [6.07, 6.45) is -11.0. The van der Waals surface area contributed by atoms with E-state index in [0.29, 0.717) is 0 Å². The first-order valence-corrected chi connectivity index (χ1v) is 14.4. The van der Waals surface area contributed by atoms with Crippen molar-refractivity contribution in [3.63, 3.8) is 0 Å². The molecule has 0 bridgehead atoms. The summed E-state index contributed by atoms with van der Waals surface area (Å²) in [5.74, 6) is -3.26. The van der Waals surface area contributed by atoms with E-state index in [1.165, 1.54) is 36.4 Å². The fraction of sp³-hybridized carbons (Fsp3) is 0.367. The summed E-state index contributed by atoms with van der Waals surface area (Å²) < 4.78 is 21.9. The number of imide groups is 2. The topological polar surface area (TPSA) is 272 Å². The molecular weight excluding hydrogens is 640 g/mol. The maximum Gasteiger partial charge on any atom is 0.303 e. The van der Waals surface area contributed by atoms with Crippen LogP contribution in [0.4, 0.5) is 11.4 Å². The van der Waals surface area contributed by atoms with Gasteiger partial charge >= 0.3 is 5.97 Å². The number of nitrogens with zero attached hydrogens (tertiary/aromatic N) is 2.